The van der Waals surface area contributed by atoms with Crippen molar-refractivity contribution in [1.29, 1.82) is 0 Å². The number of rotatable bonds is 4. The van der Waals surface area contributed by atoms with Gasteiger partial charge >= 0.3 is 0 Å². The van der Waals surface area contributed by atoms with E-state index >= 15 is 0 Å². The molecule has 0 heterocycles. The summed E-state index contributed by atoms with van der Waals surface area (Å²) in [6, 6.07) is 7.49. The number of halogens is 1. The normalized spacial score (nSPS) is 11.5. The van der Waals surface area contributed by atoms with E-state index < -0.39 is 5.41 Å². The van der Waals surface area contributed by atoms with E-state index in [9.17, 15) is 4.79 Å². The Labute approximate surface area is 99.0 Å². The van der Waals surface area contributed by atoms with Crippen LogP contribution in [0, 0.1) is 5.41 Å². The molecular formula is C12H16BrNO. The van der Waals surface area contributed by atoms with E-state index in [1.54, 1.807) is 0 Å². The van der Waals surface area contributed by atoms with Gasteiger partial charge in [-0.3, -0.25) is 4.79 Å². The van der Waals surface area contributed by atoms with Gasteiger partial charge in [-0.1, -0.05) is 48.0 Å². The number of ketones is 1. The van der Waals surface area contributed by atoms with E-state index in [0.29, 0.717) is 13.0 Å². The van der Waals surface area contributed by atoms with Gasteiger partial charge in [0.15, 0.2) is 5.78 Å². The summed E-state index contributed by atoms with van der Waals surface area (Å²) in [5, 5.41) is 0. The molecule has 0 atom stereocenters. The van der Waals surface area contributed by atoms with E-state index in [-0.39, 0.29) is 5.78 Å². The molecule has 3 heteroatoms. The number of carbonyl (C=O) groups is 1. The predicted molar refractivity (Wildman–Crippen MR) is 65.9 cm³/mol. The average Bonchev–Trinajstić information content (AvgIpc) is 2.17. The SMILES string of the molecule is CC(C)(CCN)C(=O)c1ccccc1Br. The third kappa shape index (κ3) is 2.89. The molecule has 0 radical (unpaired) electrons. The number of hydrogen-bond acceptors (Lipinski definition) is 2. The highest BCUT2D eigenvalue weighted by Gasteiger charge is 2.28. The topological polar surface area (TPSA) is 43.1 Å². The van der Waals surface area contributed by atoms with E-state index in [1.807, 2.05) is 38.1 Å². The lowest BCUT2D eigenvalue weighted by molar-refractivity contribution is 0.0828. The molecule has 0 saturated carbocycles. The number of benzene rings is 1. The fourth-order valence-electron chi connectivity index (χ4n) is 1.48. The van der Waals surface area contributed by atoms with E-state index in [0.717, 1.165) is 10.0 Å². The minimum Gasteiger partial charge on any atom is -0.330 e. The van der Waals surface area contributed by atoms with Crippen molar-refractivity contribution < 1.29 is 4.79 Å². The molecule has 2 nitrogen and oxygen atoms in total. The van der Waals surface area contributed by atoms with Crippen LogP contribution in [-0.4, -0.2) is 12.3 Å². The van der Waals surface area contributed by atoms with Crippen molar-refractivity contribution in [3.63, 3.8) is 0 Å². The predicted octanol–water partition coefficient (Wildman–Crippen LogP) is 3.01. The number of carbonyl (C=O) groups excluding carboxylic acids is 1. The lowest BCUT2D eigenvalue weighted by atomic mass is 9.81. The summed E-state index contributed by atoms with van der Waals surface area (Å²) < 4.78 is 0.847. The first-order valence-electron chi connectivity index (χ1n) is 4.98. The van der Waals surface area contributed by atoms with Crippen LogP contribution < -0.4 is 5.73 Å². The van der Waals surface area contributed by atoms with Crippen molar-refractivity contribution in [3.05, 3.63) is 34.3 Å². The Hall–Kier alpha value is -0.670. The molecule has 0 unspecified atom stereocenters. The Kier molecular flexibility index (Phi) is 4.05. The first-order chi connectivity index (χ1) is 6.99. The molecule has 0 aromatic heterocycles. The zero-order chi connectivity index (χ0) is 11.5. The van der Waals surface area contributed by atoms with Crippen LogP contribution in [0.15, 0.2) is 28.7 Å². The van der Waals surface area contributed by atoms with E-state index in [1.165, 1.54) is 0 Å². The van der Waals surface area contributed by atoms with Crippen LogP contribution in [0.5, 0.6) is 0 Å². The van der Waals surface area contributed by atoms with Gasteiger partial charge in [-0.05, 0) is 19.0 Å². The first-order valence-corrected chi connectivity index (χ1v) is 5.78. The van der Waals surface area contributed by atoms with Crippen molar-refractivity contribution in [1.82, 2.24) is 0 Å². The van der Waals surface area contributed by atoms with Crippen molar-refractivity contribution in [2.24, 2.45) is 11.1 Å². The molecule has 0 spiro atoms. The fourth-order valence-corrected chi connectivity index (χ4v) is 1.95. The smallest absolute Gasteiger partial charge is 0.169 e. The van der Waals surface area contributed by atoms with Gasteiger partial charge in [0.25, 0.3) is 0 Å². The number of hydrogen-bond donors (Lipinski definition) is 1. The zero-order valence-corrected chi connectivity index (χ0v) is 10.7. The Morgan fingerprint density at radius 1 is 1.40 bits per heavy atom. The number of Topliss-reactive ketones (excluding diaryl/α,β-unsaturated/α-hetero) is 1. The Morgan fingerprint density at radius 3 is 2.53 bits per heavy atom. The van der Waals surface area contributed by atoms with Crippen molar-refractivity contribution in [2.45, 2.75) is 20.3 Å². The van der Waals surface area contributed by atoms with Crippen LogP contribution in [0.2, 0.25) is 0 Å². The summed E-state index contributed by atoms with van der Waals surface area (Å²) in [7, 11) is 0. The second-order valence-electron chi connectivity index (χ2n) is 4.23. The van der Waals surface area contributed by atoms with Gasteiger partial charge in [-0.15, -0.1) is 0 Å². The Balaban J connectivity index is 2.99. The summed E-state index contributed by atoms with van der Waals surface area (Å²) >= 11 is 3.39. The largest absolute Gasteiger partial charge is 0.330 e. The lowest BCUT2D eigenvalue weighted by Gasteiger charge is -2.22. The molecule has 1 aromatic rings. The quantitative estimate of drug-likeness (QED) is 0.854. The summed E-state index contributed by atoms with van der Waals surface area (Å²) in [5.41, 5.74) is 5.85. The third-order valence-corrected chi connectivity index (χ3v) is 3.19. The van der Waals surface area contributed by atoms with Crippen molar-refractivity contribution >= 4 is 21.7 Å². The summed E-state index contributed by atoms with van der Waals surface area (Å²) in [5.74, 6) is 0.139. The lowest BCUT2D eigenvalue weighted by Crippen LogP contribution is -2.27. The van der Waals surface area contributed by atoms with Crippen LogP contribution >= 0.6 is 15.9 Å². The molecule has 0 aliphatic carbocycles. The van der Waals surface area contributed by atoms with Crippen molar-refractivity contribution in [3.8, 4) is 0 Å². The van der Waals surface area contributed by atoms with Crippen LogP contribution in [-0.2, 0) is 0 Å². The molecule has 0 saturated heterocycles. The molecule has 0 amide bonds. The summed E-state index contributed by atoms with van der Waals surface area (Å²) in [6.07, 6.45) is 0.702. The van der Waals surface area contributed by atoms with Gasteiger partial charge in [0.1, 0.15) is 0 Å². The Morgan fingerprint density at radius 2 is 2.00 bits per heavy atom. The third-order valence-electron chi connectivity index (χ3n) is 2.50. The first kappa shape index (κ1) is 12.4. The van der Waals surface area contributed by atoms with Crippen LogP contribution in [0.1, 0.15) is 30.6 Å². The Bertz CT molecular complexity index is 360. The van der Waals surface area contributed by atoms with Crippen LogP contribution in [0.25, 0.3) is 0 Å². The maximum absolute atomic E-state index is 12.2. The number of nitrogens with two attached hydrogens (primary N) is 1. The van der Waals surface area contributed by atoms with Crippen LogP contribution in [0.4, 0.5) is 0 Å². The maximum Gasteiger partial charge on any atom is 0.169 e. The maximum atomic E-state index is 12.2. The van der Waals surface area contributed by atoms with Gasteiger partial charge < -0.3 is 5.73 Å². The summed E-state index contributed by atoms with van der Waals surface area (Å²) in [6.45, 7) is 4.40. The summed E-state index contributed by atoms with van der Waals surface area (Å²) in [4.78, 5) is 12.2. The molecule has 0 bridgehead atoms. The monoisotopic (exact) mass is 269 g/mol. The van der Waals surface area contributed by atoms with Gasteiger partial charge in [0.05, 0.1) is 0 Å². The highest BCUT2D eigenvalue weighted by Crippen LogP contribution is 2.28. The second kappa shape index (κ2) is 4.90. The standard InChI is InChI=1S/C12H16BrNO/c1-12(2,7-8-14)11(15)9-5-3-4-6-10(9)13/h3-6H,7-8,14H2,1-2H3. The molecule has 82 valence electrons. The van der Waals surface area contributed by atoms with Crippen molar-refractivity contribution in [2.75, 3.05) is 6.54 Å². The molecule has 2 N–H and O–H groups in total. The average molecular weight is 270 g/mol. The molecule has 15 heavy (non-hydrogen) atoms. The zero-order valence-electron chi connectivity index (χ0n) is 9.09. The highest BCUT2D eigenvalue weighted by atomic mass is 79.9. The van der Waals surface area contributed by atoms with Gasteiger partial charge in [0.2, 0.25) is 0 Å². The molecule has 0 fully saturated rings. The second-order valence-corrected chi connectivity index (χ2v) is 5.09. The molecule has 0 aliphatic rings. The molecule has 1 rings (SSSR count). The van der Waals surface area contributed by atoms with E-state index in [4.69, 9.17) is 5.73 Å². The molecule has 1 aromatic carbocycles. The molecule has 0 aliphatic heterocycles. The van der Waals surface area contributed by atoms with Gasteiger partial charge in [0, 0.05) is 15.5 Å². The highest BCUT2D eigenvalue weighted by molar-refractivity contribution is 9.10. The minimum atomic E-state index is -0.390. The molecular weight excluding hydrogens is 254 g/mol. The minimum absolute atomic E-state index is 0.139. The van der Waals surface area contributed by atoms with Gasteiger partial charge in [-0.25, -0.2) is 0 Å². The fraction of sp³-hybridized carbons (Fsp3) is 0.417. The van der Waals surface area contributed by atoms with Gasteiger partial charge in [-0.2, -0.15) is 0 Å². The van der Waals surface area contributed by atoms with E-state index in [2.05, 4.69) is 15.9 Å². The van der Waals surface area contributed by atoms with Crippen LogP contribution in [0.3, 0.4) is 0 Å².